The molecule has 2 heterocycles. The summed E-state index contributed by atoms with van der Waals surface area (Å²) in [5.41, 5.74) is -0.171. The Bertz CT molecular complexity index is 494. The Hall–Kier alpha value is -2.02. The molecule has 6 nitrogen and oxygen atoms in total. The highest BCUT2D eigenvalue weighted by molar-refractivity contribution is 5.95. The van der Waals surface area contributed by atoms with E-state index in [1.165, 1.54) is 12.1 Å². The van der Waals surface area contributed by atoms with E-state index in [9.17, 15) is 19.1 Å². The lowest BCUT2D eigenvalue weighted by Gasteiger charge is -2.20. The van der Waals surface area contributed by atoms with E-state index in [4.69, 9.17) is 5.11 Å². The smallest absolute Gasteiger partial charge is 0.326 e. The standard InChI is InChI=1S/C11H11FN2O4/c12-9-3-1-2-7(13-9)10(16)14-5-6(15)4-8(14)11(17)18/h1-3,6,8,15H,4-5H2,(H,17,18). The summed E-state index contributed by atoms with van der Waals surface area (Å²) in [4.78, 5) is 27.3. The molecule has 1 aliphatic rings. The van der Waals surface area contributed by atoms with E-state index in [1.54, 1.807) is 0 Å². The third kappa shape index (κ3) is 2.30. The first-order chi connectivity index (χ1) is 8.49. The molecule has 0 bridgehead atoms. The Labute approximate surface area is 102 Å². The molecule has 0 spiro atoms. The van der Waals surface area contributed by atoms with Gasteiger partial charge in [0.15, 0.2) is 0 Å². The van der Waals surface area contributed by atoms with Gasteiger partial charge in [0.1, 0.15) is 11.7 Å². The average Bonchev–Trinajstić information content (AvgIpc) is 2.70. The van der Waals surface area contributed by atoms with Gasteiger partial charge < -0.3 is 15.1 Å². The number of pyridine rings is 1. The van der Waals surface area contributed by atoms with Crippen LogP contribution in [0.3, 0.4) is 0 Å². The van der Waals surface area contributed by atoms with Crippen molar-refractivity contribution in [1.82, 2.24) is 9.88 Å². The number of aliphatic carboxylic acids is 1. The van der Waals surface area contributed by atoms with Crippen LogP contribution in [0.5, 0.6) is 0 Å². The van der Waals surface area contributed by atoms with Gasteiger partial charge in [-0.3, -0.25) is 4.79 Å². The fraction of sp³-hybridized carbons (Fsp3) is 0.364. The predicted molar refractivity (Wildman–Crippen MR) is 57.3 cm³/mol. The first-order valence-corrected chi connectivity index (χ1v) is 5.33. The van der Waals surface area contributed by atoms with Crippen molar-refractivity contribution >= 4 is 11.9 Å². The van der Waals surface area contributed by atoms with Crippen LogP contribution >= 0.6 is 0 Å². The molecule has 1 aromatic heterocycles. The maximum absolute atomic E-state index is 12.9. The summed E-state index contributed by atoms with van der Waals surface area (Å²) < 4.78 is 12.9. The Morgan fingerprint density at radius 3 is 2.78 bits per heavy atom. The highest BCUT2D eigenvalue weighted by Crippen LogP contribution is 2.20. The van der Waals surface area contributed by atoms with E-state index in [0.717, 1.165) is 11.0 Å². The lowest BCUT2D eigenvalue weighted by molar-refractivity contribution is -0.141. The van der Waals surface area contributed by atoms with Crippen LogP contribution in [0.1, 0.15) is 16.9 Å². The van der Waals surface area contributed by atoms with Crippen molar-refractivity contribution in [3.8, 4) is 0 Å². The molecule has 2 atom stereocenters. The highest BCUT2D eigenvalue weighted by atomic mass is 19.1. The van der Waals surface area contributed by atoms with E-state index in [0.29, 0.717) is 0 Å². The monoisotopic (exact) mass is 254 g/mol. The lowest BCUT2D eigenvalue weighted by Crippen LogP contribution is -2.41. The molecule has 1 aliphatic heterocycles. The number of β-amino-alcohol motifs (C(OH)–C–C–N with tert-alkyl or cyclic N) is 1. The number of amides is 1. The summed E-state index contributed by atoms with van der Waals surface area (Å²) >= 11 is 0. The zero-order chi connectivity index (χ0) is 13.3. The summed E-state index contributed by atoms with van der Waals surface area (Å²) in [7, 11) is 0. The van der Waals surface area contributed by atoms with Gasteiger partial charge in [-0.1, -0.05) is 6.07 Å². The second kappa shape index (κ2) is 4.69. The molecule has 0 aromatic carbocycles. The van der Waals surface area contributed by atoms with E-state index >= 15 is 0 Å². The molecule has 2 rings (SSSR count). The molecule has 7 heteroatoms. The van der Waals surface area contributed by atoms with Crippen molar-refractivity contribution in [2.75, 3.05) is 6.54 Å². The fourth-order valence-electron chi connectivity index (χ4n) is 1.95. The maximum atomic E-state index is 12.9. The van der Waals surface area contributed by atoms with Crippen molar-refractivity contribution in [2.24, 2.45) is 0 Å². The molecule has 0 aliphatic carbocycles. The highest BCUT2D eigenvalue weighted by Gasteiger charge is 2.39. The van der Waals surface area contributed by atoms with Gasteiger partial charge in [0.2, 0.25) is 5.95 Å². The lowest BCUT2D eigenvalue weighted by atomic mass is 10.2. The van der Waals surface area contributed by atoms with Crippen LogP contribution in [0.15, 0.2) is 18.2 Å². The Balaban J connectivity index is 2.25. The number of carbonyl (C=O) groups is 2. The number of carboxylic acid groups (broad SMARTS) is 1. The molecule has 1 fully saturated rings. The zero-order valence-electron chi connectivity index (χ0n) is 9.28. The molecule has 2 unspecified atom stereocenters. The number of aliphatic hydroxyl groups excluding tert-OH is 1. The molecule has 1 aromatic rings. The summed E-state index contributed by atoms with van der Waals surface area (Å²) in [6.45, 7) is -0.0893. The number of rotatable bonds is 2. The first-order valence-electron chi connectivity index (χ1n) is 5.33. The summed E-state index contributed by atoms with van der Waals surface area (Å²) in [5, 5.41) is 18.4. The van der Waals surface area contributed by atoms with Crippen molar-refractivity contribution in [2.45, 2.75) is 18.6 Å². The van der Waals surface area contributed by atoms with Crippen LogP contribution in [0.25, 0.3) is 0 Å². The zero-order valence-corrected chi connectivity index (χ0v) is 9.28. The number of hydrogen-bond donors (Lipinski definition) is 2. The summed E-state index contributed by atoms with van der Waals surface area (Å²) in [6, 6.07) is 2.61. The molecular weight excluding hydrogens is 243 g/mol. The number of nitrogens with zero attached hydrogens (tertiary/aromatic N) is 2. The summed E-state index contributed by atoms with van der Waals surface area (Å²) in [6.07, 6.45) is -0.917. The van der Waals surface area contributed by atoms with Gasteiger partial charge in [-0.05, 0) is 12.1 Å². The molecule has 1 amide bonds. The maximum Gasteiger partial charge on any atom is 0.326 e. The number of carboxylic acids is 1. The Morgan fingerprint density at radius 1 is 1.44 bits per heavy atom. The van der Waals surface area contributed by atoms with Crippen molar-refractivity contribution in [3.05, 3.63) is 29.8 Å². The van der Waals surface area contributed by atoms with E-state index in [1.807, 2.05) is 0 Å². The predicted octanol–water partition coefficient (Wildman–Crippen LogP) is -0.119. The van der Waals surface area contributed by atoms with Gasteiger partial charge in [-0.2, -0.15) is 4.39 Å². The van der Waals surface area contributed by atoms with Gasteiger partial charge >= 0.3 is 5.97 Å². The van der Waals surface area contributed by atoms with Crippen LogP contribution in [0.2, 0.25) is 0 Å². The number of halogens is 1. The van der Waals surface area contributed by atoms with Crippen LogP contribution in [0.4, 0.5) is 4.39 Å². The largest absolute Gasteiger partial charge is 0.480 e. The number of carbonyl (C=O) groups excluding carboxylic acids is 1. The average molecular weight is 254 g/mol. The van der Waals surface area contributed by atoms with Gasteiger partial charge in [-0.25, -0.2) is 9.78 Å². The molecule has 18 heavy (non-hydrogen) atoms. The molecule has 2 N–H and O–H groups in total. The van der Waals surface area contributed by atoms with Crippen LogP contribution in [-0.4, -0.2) is 50.7 Å². The SMILES string of the molecule is O=C(O)C1CC(O)CN1C(=O)c1cccc(F)n1. The third-order valence-corrected chi connectivity index (χ3v) is 2.76. The van der Waals surface area contributed by atoms with E-state index in [2.05, 4.69) is 4.98 Å². The second-order valence-corrected chi connectivity index (χ2v) is 4.05. The fourth-order valence-corrected chi connectivity index (χ4v) is 1.95. The molecule has 0 saturated carbocycles. The van der Waals surface area contributed by atoms with Gasteiger partial charge in [0.25, 0.3) is 5.91 Å². The number of aromatic nitrogens is 1. The van der Waals surface area contributed by atoms with Crippen LogP contribution in [0, 0.1) is 5.95 Å². The normalized spacial score (nSPS) is 23.1. The number of aliphatic hydroxyl groups is 1. The minimum Gasteiger partial charge on any atom is -0.480 e. The minimum absolute atomic E-state index is 0.0314. The minimum atomic E-state index is -1.20. The Morgan fingerprint density at radius 2 is 2.17 bits per heavy atom. The number of likely N-dealkylation sites (tertiary alicyclic amines) is 1. The molecule has 0 radical (unpaired) electrons. The van der Waals surface area contributed by atoms with E-state index < -0.39 is 30.0 Å². The van der Waals surface area contributed by atoms with Gasteiger partial charge in [0, 0.05) is 13.0 Å². The second-order valence-electron chi connectivity index (χ2n) is 4.05. The number of hydrogen-bond acceptors (Lipinski definition) is 4. The topological polar surface area (TPSA) is 90.7 Å². The van der Waals surface area contributed by atoms with Crippen LogP contribution in [-0.2, 0) is 4.79 Å². The van der Waals surface area contributed by atoms with E-state index in [-0.39, 0.29) is 18.7 Å². The molecule has 96 valence electrons. The van der Waals surface area contributed by atoms with Crippen molar-refractivity contribution in [3.63, 3.8) is 0 Å². The molecular formula is C11H11FN2O4. The van der Waals surface area contributed by atoms with Crippen LogP contribution < -0.4 is 0 Å². The van der Waals surface area contributed by atoms with Crippen molar-refractivity contribution in [1.29, 1.82) is 0 Å². The Kier molecular flexibility index (Phi) is 3.24. The summed E-state index contributed by atoms with van der Waals surface area (Å²) in [5.74, 6) is -2.71. The van der Waals surface area contributed by atoms with Gasteiger partial charge in [-0.15, -0.1) is 0 Å². The third-order valence-electron chi connectivity index (χ3n) is 2.76. The van der Waals surface area contributed by atoms with Gasteiger partial charge in [0.05, 0.1) is 6.10 Å². The van der Waals surface area contributed by atoms with Crippen molar-refractivity contribution < 1.29 is 24.2 Å². The quantitative estimate of drug-likeness (QED) is 0.718. The first kappa shape index (κ1) is 12.4. The molecule has 1 saturated heterocycles.